The van der Waals surface area contributed by atoms with Gasteiger partial charge in [0.2, 0.25) is 0 Å². The molecular formula is C16H19NO3Si. The molecule has 1 fully saturated rings. The Morgan fingerprint density at radius 2 is 2.14 bits per heavy atom. The van der Waals surface area contributed by atoms with Crippen molar-refractivity contribution in [3.63, 3.8) is 0 Å². The molecule has 4 nitrogen and oxygen atoms in total. The molecule has 21 heavy (non-hydrogen) atoms. The number of nitrogens with one attached hydrogen (secondary N) is 1. The number of hydrogen-bond acceptors (Lipinski definition) is 3. The molecule has 5 heteroatoms. The summed E-state index contributed by atoms with van der Waals surface area (Å²) >= 11 is 0. The molecule has 1 N–H and O–H groups in total. The molecule has 1 atom stereocenters. The van der Waals surface area contributed by atoms with E-state index < -0.39 is 14.1 Å². The number of esters is 1. The molecule has 0 aromatic heterocycles. The number of hydrogen-bond donors (Lipinski definition) is 1. The fraction of sp³-hybridized carbons (Fsp3) is 0.375. The Morgan fingerprint density at radius 1 is 1.38 bits per heavy atom. The van der Waals surface area contributed by atoms with Crippen LogP contribution in [0.2, 0.25) is 19.6 Å². The summed E-state index contributed by atoms with van der Waals surface area (Å²) in [5, 5.41) is 2.69. The first-order valence-corrected chi connectivity index (χ1v) is 10.5. The van der Waals surface area contributed by atoms with Crippen molar-refractivity contribution < 1.29 is 14.3 Å². The van der Waals surface area contributed by atoms with Crippen LogP contribution in [0.4, 0.5) is 0 Å². The second kappa shape index (κ2) is 6.14. The van der Waals surface area contributed by atoms with E-state index in [0.29, 0.717) is 18.6 Å². The van der Waals surface area contributed by atoms with Crippen LogP contribution in [0.25, 0.3) is 0 Å². The van der Waals surface area contributed by atoms with E-state index in [9.17, 15) is 9.59 Å². The first-order valence-electron chi connectivity index (χ1n) is 6.96. The standard InChI is InChI=1S/C16H19NO3Si/c1-21(2,3)10-8-12-5-4-6-13(11-12)15(18)17-14-7-9-20-16(14)19/h4-6,11,14H,7,9H2,1-3H3,(H,17,18)/t14-/m0/s1. The van der Waals surface area contributed by atoms with Crippen molar-refractivity contribution in [2.24, 2.45) is 0 Å². The summed E-state index contributed by atoms with van der Waals surface area (Å²) in [6.45, 7) is 6.87. The van der Waals surface area contributed by atoms with Crippen LogP contribution in [0.5, 0.6) is 0 Å². The van der Waals surface area contributed by atoms with Gasteiger partial charge in [0.1, 0.15) is 14.1 Å². The minimum Gasteiger partial charge on any atom is -0.464 e. The maximum absolute atomic E-state index is 12.1. The molecule has 1 amide bonds. The van der Waals surface area contributed by atoms with Gasteiger partial charge in [-0.2, -0.15) is 0 Å². The highest BCUT2D eigenvalue weighted by Gasteiger charge is 2.28. The van der Waals surface area contributed by atoms with Gasteiger partial charge in [0.05, 0.1) is 6.61 Å². The highest BCUT2D eigenvalue weighted by atomic mass is 28.3. The molecule has 1 aliphatic heterocycles. The van der Waals surface area contributed by atoms with Gasteiger partial charge >= 0.3 is 5.97 Å². The largest absolute Gasteiger partial charge is 0.464 e. The second-order valence-electron chi connectivity index (χ2n) is 6.06. The Morgan fingerprint density at radius 3 is 2.76 bits per heavy atom. The minimum atomic E-state index is -1.45. The van der Waals surface area contributed by atoms with Gasteiger partial charge in [0.15, 0.2) is 0 Å². The zero-order valence-electron chi connectivity index (χ0n) is 12.5. The van der Waals surface area contributed by atoms with Gasteiger partial charge < -0.3 is 10.1 Å². The summed E-state index contributed by atoms with van der Waals surface area (Å²) in [6, 6.07) is 6.62. The van der Waals surface area contributed by atoms with Crippen LogP contribution in [0.1, 0.15) is 22.3 Å². The first kappa shape index (κ1) is 15.3. The van der Waals surface area contributed by atoms with Crippen LogP contribution in [0, 0.1) is 11.5 Å². The molecule has 0 radical (unpaired) electrons. The Balaban J connectivity index is 2.11. The third-order valence-corrected chi connectivity index (χ3v) is 3.82. The topological polar surface area (TPSA) is 55.4 Å². The van der Waals surface area contributed by atoms with E-state index in [-0.39, 0.29) is 11.9 Å². The van der Waals surface area contributed by atoms with Crippen molar-refractivity contribution in [2.75, 3.05) is 6.61 Å². The summed E-state index contributed by atoms with van der Waals surface area (Å²) in [4.78, 5) is 23.5. The van der Waals surface area contributed by atoms with E-state index in [1.165, 1.54) is 0 Å². The zero-order chi connectivity index (χ0) is 15.5. The lowest BCUT2D eigenvalue weighted by Crippen LogP contribution is -2.37. The maximum atomic E-state index is 12.1. The third-order valence-electron chi connectivity index (χ3n) is 2.95. The van der Waals surface area contributed by atoms with Crippen molar-refractivity contribution in [3.05, 3.63) is 35.4 Å². The fourth-order valence-electron chi connectivity index (χ4n) is 1.87. The highest BCUT2D eigenvalue weighted by Crippen LogP contribution is 2.09. The van der Waals surface area contributed by atoms with E-state index in [0.717, 1.165) is 5.56 Å². The van der Waals surface area contributed by atoms with Crippen LogP contribution >= 0.6 is 0 Å². The number of cyclic esters (lactones) is 1. The number of carbonyl (C=O) groups excluding carboxylic acids is 2. The summed E-state index contributed by atoms with van der Waals surface area (Å²) in [5.74, 6) is 2.49. The van der Waals surface area contributed by atoms with Gasteiger partial charge in [-0.1, -0.05) is 31.6 Å². The van der Waals surface area contributed by atoms with Crippen molar-refractivity contribution in [1.29, 1.82) is 0 Å². The molecule has 0 spiro atoms. The third kappa shape index (κ3) is 4.47. The molecule has 110 valence electrons. The van der Waals surface area contributed by atoms with Crippen LogP contribution in [-0.4, -0.2) is 32.6 Å². The Kier molecular flexibility index (Phi) is 4.49. The molecule has 1 aromatic carbocycles. The quantitative estimate of drug-likeness (QED) is 0.516. The lowest BCUT2D eigenvalue weighted by Gasteiger charge is -2.09. The number of amides is 1. The van der Waals surface area contributed by atoms with Crippen LogP contribution in [0.3, 0.4) is 0 Å². The monoisotopic (exact) mass is 301 g/mol. The molecule has 1 saturated heterocycles. The summed E-state index contributed by atoms with van der Waals surface area (Å²) in [6.07, 6.45) is 0.527. The molecule has 0 aliphatic carbocycles. The van der Waals surface area contributed by atoms with Gasteiger partial charge in [-0.15, -0.1) is 5.54 Å². The maximum Gasteiger partial charge on any atom is 0.328 e. The molecule has 0 saturated carbocycles. The van der Waals surface area contributed by atoms with Crippen molar-refractivity contribution in [1.82, 2.24) is 5.32 Å². The lowest BCUT2D eigenvalue weighted by atomic mass is 10.1. The lowest BCUT2D eigenvalue weighted by molar-refractivity contribution is -0.139. The molecule has 1 aliphatic rings. The first-order chi connectivity index (χ1) is 9.85. The minimum absolute atomic E-state index is 0.268. The van der Waals surface area contributed by atoms with Crippen molar-refractivity contribution >= 4 is 20.0 Å². The van der Waals surface area contributed by atoms with Crippen LogP contribution < -0.4 is 5.32 Å². The van der Waals surface area contributed by atoms with E-state index in [4.69, 9.17) is 4.74 Å². The average Bonchev–Trinajstić information content (AvgIpc) is 2.81. The Labute approximate surface area is 125 Å². The van der Waals surface area contributed by atoms with E-state index in [1.54, 1.807) is 18.2 Å². The molecular weight excluding hydrogens is 282 g/mol. The van der Waals surface area contributed by atoms with Gasteiger partial charge in [-0.3, -0.25) is 4.79 Å². The van der Waals surface area contributed by atoms with Gasteiger partial charge in [-0.05, 0) is 18.2 Å². The van der Waals surface area contributed by atoms with Gasteiger partial charge in [0, 0.05) is 17.5 Å². The number of benzene rings is 1. The molecule has 2 rings (SSSR count). The average molecular weight is 301 g/mol. The smallest absolute Gasteiger partial charge is 0.328 e. The number of rotatable bonds is 2. The Bertz CT molecular complexity index is 622. The molecule has 0 unspecified atom stereocenters. The fourth-order valence-corrected chi connectivity index (χ4v) is 2.39. The molecule has 0 bridgehead atoms. The summed E-state index contributed by atoms with van der Waals surface area (Å²) < 4.78 is 4.83. The van der Waals surface area contributed by atoms with Gasteiger partial charge in [-0.25, -0.2) is 4.79 Å². The highest BCUT2D eigenvalue weighted by molar-refractivity contribution is 6.83. The predicted octanol–water partition coefficient (Wildman–Crippen LogP) is 1.96. The molecule has 1 heterocycles. The van der Waals surface area contributed by atoms with Crippen LogP contribution in [-0.2, 0) is 9.53 Å². The van der Waals surface area contributed by atoms with Gasteiger partial charge in [0.25, 0.3) is 5.91 Å². The van der Waals surface area contributed by atoms with E-state index in [2.05, 4.69) is 36.4 Å². The van der Waals surface area contributed by atoms with Crippen LogP contribution in [0.15, 0.2) is 24.3 Å². The van der Waals surface area contributed by atoms with E-state index >= 15 is 0 Å². The van der Waals surface area contributed by atoms with E-state index in [1.807, 2.05) is 6.07 Å². The predicted molar refractivity (Wildman–Crippen MR) is 83.5 cm³/mol. The Hall–Kier alpha value is -2.06. The number of ether oxygens (including phenoxy) is 1. The summed E-state index contributed by atoms with van der Waals surface area (Å²) in [7, 11) is -1.45. The zero-order valence-corrected chi connectivity index (χ0v) is 13.5. The van der Waals surface area contributed by atoms with Crippen molar-refractivity contribution in [2.45, 2.75) is 32.1 Å². The van der Waals surface area contributed by atoms with Crippen molar-refractivity contribution in [3.8, 4) is 11.5 Å². The normalized spacial score (nSPS) is 17.7. The summed E-state index contributed by atoms with van der Waals surface area (Å²) in [5.41, 5.74) is 4.60. The SMILES string of the molecule is C[Si](C)(C)C#Cc1cccc(C(=O)N[C@H]2CCOC2=O)c1. The number of carbonyl (C=O) groups is 2. The second-order valence-corrected chi connectivity index (χ2v) is 10.8. The molecule has 1 aromatic rings.